The third-order valence-corrected chi connectivity index (χ3v) is 18.9. The summed E-state index contributed by atoms with van der Waals surface area (Å²) >= 11 is 0. The minimum absolute atomic E-state index is 0.0655. The molecule has 0 aromatic rings. The van der Waals surface area contributed by atoms with Crippen LogP contribution in [0.15, 0.2) is 97.2 Å². The first-order valence-corrected chi connectivity index (χ1v) is 43.5. The Morgan fingerprint density at radius 3 is 0.873 bits per heavy atom. The monoisotopic (exact) mass is 1480 g/mol. The summed E-state index contributed by atoms with van der Waals surface area (Å²) in [5.74, 6) is -2.26. The average molecular weight is 1480 g/mol. The number of aliphatic hydroxyl groups is 1. The smallest absolute Gasteiger partial charge is 0.462 e. The number of phosphoric acid groups is 2. The highest BCUT2D eigenvalue weighted by atomic mass is 31.2. The van der Waals surface area contributed by atoms with Gasteiger partial charge in [-0.1, -0.05) is 279 Å². The lowest BCUT2D eigenvalue weighted by atomic mass is 10.1. The van der Waals surface area contributed by atoms with Crippen molar-refractivity contribution in [3.05, 3.63) is 97.2 Å². The fourth-order valence-corrected chi connectivity index (χ4v) is 12.4. The van der Waals surface area contributed by atoms with Gasteiger partial charge >= 0.3 is 39.5 Å². The van der Waals surface area contributed by atoms with E-state index in [0.29, 0.717) is 32.1 Å². The molecule has 2 unspecified atom stereocenters. The van der Waals surface area contributed by atoms with Gasteiger partial charge in [0.1, 0.15) is 19.3 Å². The molecule has 17 nitrogen and oxygen atoms in total. The van der Waals surface area contributed by atoms with Crippen molar-refractivity contribution in [3.63, 3.8) is 0 Å². The van der Waals surface area contributed by atoms with Gasteiger partial charge in [0.25, 0.3) is 0 Å². The van der Waals surface area contributed by atoms with Crippen LogP contribution >= 0.6 is 15.6 Å². The Balaban J connectivity index is 5.42. The average Bonchev–Trinajstić information content (AvgIpc) is 0.923. The number of unbranched alkanes of at least 4 members (excludes halogenated alkanes) is 35. The lowest BCUT2D eigenvalue weighted by molar-refractivity contribution is -0.161. The molecule has 0 aliphatic carbocycles. The highest BCUT2D eigenvalue weighted by Gasteiger charge is 2.30. The molecule has 0 spiro atoms. The van der Waals surface area contributed by atoms with Gasteiger partial charge in [-0.25, -0.2) is 9.13 Å². The van der Waals surface area contributed by atoms with Crippen LogP contribution in [0.25, 0.3) is 0 Å². The van der Waals surface area contributed by atoms with Gasteiger partial charge in [-0.05, 0) is 141 Å². The lowest BCUT2D eigenvalue weighted by Crippen LogP contribution is -2.30. The number of aliphatic hydroxyl groups excluding tert-OH is 1. The SMILES string of the molecule is CCCCC/C=C\C/C=C\C/C=C\C/C=C\CCCC(=O)OC[C@H](COP(=O)(O)OC[C@@H](O)COP(=O)(O)OC[C@@H](COC(=O)CCCCCCC/C=C\CCCCCCCC)OC(=O)CCCCCCC/C=C\CCCCCCCC)OC(=O)CCCCCCC/C=C\C=C/CCCCCC. The molecule has 5 atom stereocenters. The number of phosphoric ester groups is 2. The molecule has 102 heavy (non-hydrogen) atoms. The van der Waals surface area contributed by atoms with Crippen molar-refractivity contribution >= 4 is 39.5 Å². The van der Waals surface area contributed by atoms with Crippen molar-refractivity contribution in [1.29, 1.82) is 0 Å². The van der Waals surface area contributed by atoms with Gasteiger partial charge in [-0.15, -0.1) is 0 Å². The molecule has 3 N–H and O–H groups in total. The molecule has 0 rings (SSSR count). The van der Waals surface area contributed by atoms with E-state index in [1.807, 2.05) is 12.2 Å². The molecule has 0 saturated heterocycles. The molecule has 0 aliphatic rings. The summed E-state index contributed by atoms with van der Waals surface area (Å²) in [6.07, 6.45) is 79.6. The van der Waals surface area contributed by atoms with Gasteiger partial charge in [0.2, 0.25) is 0 Å². The predicted molar refractivity (Wildman–Crippen MR) is 418 cm³/mol. The van der Waals surface area contributed by atoms with Gasteiger partial charge < -0.3 is 33.8 Å². The molecule has 0 heterocycles. The van der Waals surface area contributed by atoms with Crippen LogP contribution in [0, 0.1) is 0 Å². The summed E-state index contributed by atoms with van der Waals surface area (Å²) in [6, 6.07) is 0. The van der Waals surface area contributed by atoms with Crippen molar-refractivity contribution in [1.82, 2.24) is 0 Å². The zero-order chi connectivity index (χ0) is 74.6. The molecule has 0 aromatic heterocycles. The number of rotatable bonds is 76. The third kappa shape index (κ3) is 74.3. The highest BCUT2D eigenvalue weighted by molar-refractivity contribution is 7.47. The Bertz CT molecular complexity index is 2310. The van der Waals surface area contributed by atoms with Crippen molar-refractivity contribution < 1.29 is 80.2 Å². The van der Waals surface area contributed by atoms with Crippen molar-refractivity contribution in [2.75, 3.05) is 39.6 Å². The predicted octanol–water partition coefficient (Wildman–Crippen LogP) is 23.6. The van der Waals surface area contributed by atoms with Gasteiger partial charge in [-0.3, -0.25) is 37.3 Å². The Morgan fingerprint density at radius 2 is 0.520 bits per heavy atom. The molecule has 0 aromatic carbocycles. The quantitative estimate of drug-likeness (QED) is 0.0128. The van der Waals surface area contributed by atoms with Gasteiger partial charge in [0.05, 0.1) is 26.4 Å². The third-order valence-electron chi connectivity index (χ3n) is 17.0. The number of carbonyl (C=O) groups excluding carboxylic acids is 4. The van der Waals surface area contributed by atoms with E-state index < -0.39 is 97.5 Å². The number of hydrogen-bond donors (Lipinski definition) is 3. The second-order valence-corrected chi connectivity index (χ2v) is 29.9. The molecule has 0 aliphatic heterocycles. The van der Waals surface area contributed by atoms with Crippen molar-refractivity contribution in [2.24, 2.45) is 0 Å². The van der Waals surface area contributed by atoms with Gasteiger partial charge in [0.15, 0.2) is 12.2 Å². The van der Waals surface area contributed by atoms with E-state index in [2.05, 4.69) is 113 Å². The normalized spacial score (nSPS) is 14.4. The number of hydrogen-bond acceptors (Lipinski definition) is 15. The van der Waals surface area contributed by atoms with Crippen molar-refractivity contribution in [3.8, 4) is 0 Å². The van der Waals surface area contributed by atoms with E-state index >= 15 is 0 Å². The van der Waals surface area contributed by atoms with Crippen LogP contribution in [0.2, 0.25) is 0 Å². The van der Waals surface area contributed by atoms with E-state index in [1.165, 1.54) is 122 Å². The van der Waals surface area contributed by atoms with Crippen molar-refractivity contribution in [2.45, 2.75) is 367 Å². The van der Waals surface area contributed by atoms with Crippen LogP contribution in [0.1, 0.15) is 349 Å². The number of ether oxygens (including phenoxy) is 4. The second-order valence-electron chi connectivity index (χ2n) is 27.0. The first-order chi connectivity index (χ1) is 49.7. The minimum atomic E-state index is -4.99. The molecule has 0 radical (unpaired) electrons. The Hall–Kier alpha value is -4.02. The van der Waals surface area contributed by atoms with Crippen LogP contribution < -0.4 is 0 Å². The van der Waals surface area contributed by atoms with E-state index in [4.69, 9.17) is 37.0 Å². The van der Waals surface area contributed by atoms with E-state index in [0.717, 1.165) is 141 Å². The van der Waals surface area contributed by atoms with E-state index in [-0.39, 0.29) is 25.7 Å². The fourth-order valence-electron chi connectivity index (χ4n) is 10.8. The summed E-state index contributed by atoms with van der Waals surface area (Å²) in [7, 11) is -9.98. The molecule has 19 heteroatoms. The van der Waals surface area contributed by atoms with Crippen LogP contribution in [0.3, 0.4) is 0 Å². The Kier molecular flexibility index (Phi) is 72.3. The highest BCUT2D eigenvalue weighted by Crippen LogP contribution is 2.45. The summed E-state index contributed by atoms with van der Waals surface area (Å²) in [6.45, 7) is 4.76. The molecule has 0 fully saturated rings. The zero-order valence-corrected chi connectivity index (χ0v) is 66.3. The summed E-state index contributed by atoms with van der Waals surface area (Å²) < 4.78 is 68.6. The standard InChI is InChI=1S/C83H146O17P2/c1-5-9-13-17-21-25-29-33-37-38-42-44-48-52-56-60-64-68-81(86)94-74-79(100-83(88)70-66-62-58-54-50-46-41-36-32-28-24-20-16-12-8-4)76-98-102(91,92)96-72-77(84)71-95-101(89,90)97-75-78(99-82(87)69-65-61-57-53-49-45-40-35-31-27-23-19-15-11-7-3)73-93-80(85)67-63-59-55-51-47-43-39-34-30-26-22-18-14-10-6-2/h21,25,28,32-37,39-42,44,52,56,77-79,84H,5-20,22-24,26-27,29-31,38,43,45-51,53-55,57-76H2,1-4H3,(H,89,90)(H,91,92)/b25-21-,32-28-,37-33-,39-34-,40-35-,41-36-,44-42-,56-52-/t77-,78+,79+/m0/s1. The first kappa shape index (κ1) is 98.0. The molecule has 0 saturated carbocycles. The first-order valence-electron chi connectivity index (χ1n) is 40.5. The largest absolute Gasteiger partial charge is 0.472 e. The fraction of sp³-hybridized carbons (Fsp3) is 0.759. The number of allylic oxidation sites excluding steroid dienone is 16. The van der Waals surface area contributed by atoms with Crippen LogP contribution in [0.4, 0.5) is 0 Å². The zero-order valence-electron chi connectivity index (χ0n) is 64.5. The lowest BCUT2D eigenvalue weighted by Gasteiger charge is -2.21. The Morgan fingerprint density at radius 1 is 0.284 bits per heavy atom. The molecule has 0 bridgehead atoms. The second kappa shape index (κ2) is 75.2. The minimum Gasteiger partial charge on any atom is -0.462 e. The van der Waals surface area contributed by atoms with Crippen LogP contribution in [-0.2, 0) is 65.4 Å². The van der Waals surface area contributed by atoms with E-state index in [9.17, 15) is 43.2 Å². The topological polar surface area (TPSA) is 237 Å². The maximum atomic E-state index is 13.1. The van der Waals surface area contributed by atoms with E-state index in [1.54, 1.807) is 0 Å². The molecular formula is C83H146O17P2. The Labute approximate surface area is 620 Å². The number of esters is 4. The molecule has 0 amide bonds. The van der Waals surface area contributed by atoms with Gasteiger partial charge in [0, 0.05) is 25.7 Å². The summed E-state index contributed by atoms with van der Waals surface area (Å²) in [5.41, 5.74) is 0. The maximum Gasteiger partial charge on any atom is 0.472 e. The van der Waals surface area contributed by atoms with Gasteiger partial charge in [-0.2, -0.15) is 0 Å². The molecular weight excluding hydrogens is 1330 g/mol. The number of carbonyl (C=O) groups is 4. The molecule has 590 valence electrons. The van der Waals surface area contributed by atoms with Crippen LogP contribution in [0.5, 0.6) is 0 Å². The van der Waals surface area contributed by atoms with Crippen LogP contribution in [-0.4, -0.2) is 96.7 Å². The maximum absolute atomic E-state index is 13.1. The summed E-state index contributed by atoms with van der Waals surface area (Å²) in [5, 5.41) is 10.6. The summed E-state index contributed by atoms with van der Waals surface area (Å²) in [4.78, 5) is 73.0.